The van der Waals surface area contributed by atoms with Gasteiger partial charge < -0.3 is 9.72 Å². The van der Waals surface area contributed by atoms with Crippen molar-refractivity contribution in [1.82, 2.24) is 29.1 Å². The molecule has 144 valence electrons. The molecule has 1 saturated carbocycles. The van der Waals surface area contributed by atoms with Crippen molar-refractivity contribution in [3.05, 3.63) is 52.3 Å². The Morgan fingerprint density at radius 1 is 1.18 bits per heavy atom. The van der Waals surface area contributed by atoms with Crippen LogP contribution in [0.2, 0.25) is 0 Å². The van der Waals surface area contributed by atoms with Crippen molar-refractivity contribution in [1.29, 1.82) is 0 Å². The van der Waals surface area contributed by atoms with Gasteiger partial charge in [-0.1, -0.05) is 31.0 Å². The summed E-state index contributed by atoms with van der Waals surface area (Å²) in [5.74, 6) is 3.04. The molecule has 1 aromatic carbocycles. The highest BCUT2D eigenvalue weighted by molar-refractivity contribution is 5.72. The van der Waals surface area contributed by atoms with E-state index in [1.54, 1.807) is 9.08 Å². The lowest BCUT2D eigenvalue weighted by atomic mass is 10.1. The van der Waals surface area contributed by atoms with E-state index in [2.05, 4.69) is 15.1 Å². The van der Waals surface area contributed by atoms with Crippen molar-refractivity contribution in [2.24, 2.45) is 0 Å². The molecule has 1 aliphatic rings. The second kappa shape index (κ2) is 6.78. The van der Waals surface area contributed by atoms with Crippen LogP contribution < -0.4 is 10.3 Å². The van der Waals surface area contributed by atoms with E-state index >= 15 is 0 Å². The van der Waals surface area contributed by atoms with E-state index in [0.29, 0.717) is 35.2 Å². The van der Waals surface area contributed by atoms with Crippen LogP contribution in [0.1, 0.15) is 50.2 Å². The normalized spacial score (nSPS) is 15.0. The van der Waals surface area contributed by atoms with E-state index < -0.39 is 0 Å². The zero-order valence-electron chi connectivity index (χ0n) is 15.8. The van der Waals surface area contributed by atoms with Gasteiger partial charge in [-0.25, -0.2) is 4.98 Å². The molecule has 1 aliphatic carbocycles. The van der Waals surface area contributed by atoms with E-state index in [1.807, 2.05) is 37.3 Å². The van der Waals surface area contributed by atoms with Gasteiger partial charge in [-0.15, -0.1) is 5.10 Å². The Hall–Kier alpha value is -3.16. The predicted octanol–water partition coefficient (Wildman–Crippen LogP) is 3.02. The molecule has 0 radical (unpaired) electrons. The van der Waals surface area contributed by atoms with Crippen LogP contribution >= 0.6 is 0 Å². The van der Waals surface area contributed by atoms with Gasteiger partial charge in [0.15, 0.2) is 17.0 Å². The van der Waals surface area contributed by atoms with Crippen LogP contribution in [0.4, 0.5) is 0 Å². The number of ether oxygens (including phenoxy) is 1. The molecule has 8 nitrogen and oxygen atoms in total. The third-order valence-corrected chi connectivity index (χ3v) is 5.41. The summed E-state index contributed by atoms with van der Waals surface area (Å²) in [4.78, 5) is 25.5. The highest BCUT2D eigenvalue weighted by Gasteiger charge is 2.24. The Labute approximate surface area is 161 Å². The monoisotopic (exact) mass is 378 g/mol. The van der Waals surface area contributed by atoms with Gasteiger partial charge >= 0.3 is 0 Å². The van der Waals surface area contributed by atoms with Crippen LogP contribution in [0.15, 0.2) is 35.1 Å². The molecule has 0 bridgehead atoms. The van der Waals surface area contributed by atoms with Gasteiger partial charge in [-0.2, -0.15) is 9.50 Å². The number of hydrogen-bond acceptors (Lipinski definition) is 5. The third kappa shape index (κ3) is 2.76. The summed E-state index contributed by atoms with van der Waals surface area (Å²) >= 11 is 0. The molecule has 3 aromatic heterocycles. The first kappa shape index (κ1) is 17.0. The fourth-order valence-corrected chi connectivity index (χ4v) is 3.98. The lowest BCUT2D eigenvalue weighted by Gasteiger charge is -2.03. The van der Waals surface area contributed by atoms with Gasteiger partial charge in [0.25, 0.3) is 5.56 Å². The van der Waals surface area contributed by atoms with E-state index in [1.165, 1.54) is 12.8 Å². The summed E-state index contributed by atoms with van der Waals surface area (Å²) in [7, 11) is 0. The first-order chi connectivity index (χ1) is 13.7. The Balaban J connectivity index is 1.59. The molecule has 5 rings (SSSR count). The summed E-state index contributed by atoms with van der Waals surface area (Å²) in [6.45, 7) is 2.66. The Morgan fingerprint density at radius 2 is 1.96 bits per heavy atom. The van der Waals surface area contributed by atoms with Crippen molar-refractivity contribution in [2.75, 3.05) is 0 Å². The van der Waals surface area contributed by atoms with E-state index in [0.717, 1.165) is 24.4 Å². The van der Waals surface area contributed by atoms with Crippen LogP contribution in [0, 0.1) is 0 Å². The number of aromatic nitrogens is 6. The molecule has 28 heavy (non-hydrogen) atoms. The summed E-state index contributed by atoms with van der Waals surface area (Å²) in [5, 5.41) is 4.58. The quantitative estimate of drug-likeness (QED) is 0.576. The fourth-order valence-electron chi connectivity index (χ4n) is 3.98. The minimum absolute atomic E-state index is 0.107. The topological polar surface area (TPSA) is 90.1 Å². The third-order valence-electron chi connectivity index (χ3n) is 5.41. The molecule has 0 atom stereocenters. The van der Waals surface area contributed by atoms with Crippen molar-refractivity contribution in [3.63, 3.8) is 0 Å². The number of rotatable bonds is 5. The molecule has 8 heteroatoms. The second-order valence-corrected chi connectivity index (χ2v) is 7.19. The molecule has 3 heterocycles. The van der Waals surface area contributed by atoms with Gasteiger partial charge in [0.1, 0.15) is 18.2 Å². The maximum absolute atomic E-state index is 13.0. The highest BCUT2D eigenvalue weighted by atomic mass is 16.5. The van der Waals surface area contributed by atoms with Crippen LogP contribution in [0.3, 0.4) is 0 Å². The molecular formula is C20H22N6O2. The molecular weight excluding hydrogens is 356 g/mol. The Morgan fingerprint density at radius 3 is 2.71 bits per heavy atom. The largest absolute Gasteiger partial charge is 0.486 e. The van der Waals surface area contributed by atoms with Crippen molar-refractivity contribution < 1.29 is 4.74 Å². The first-order valence-electron chi connectivity index (χ1n) is 9.80. The Bertz CT molecular complexity index is 1180. The van der Waals surface area contributed by atoms with Crippen LogP contribution in [0.25, 0.3) is 16.9 Å². The molecule has 0 spiro atoms. The predicted molar refractivity (Wildman–Crippen MR) is 105 cm³/mol. The minimum atomic E-state index is -0.107. The number of hydrogen-bond donors (Lipinski definition) is 1. The summed E-state index contributed by atoms with van der Waals surface area (Å²) in [6, 6.07) is 9.54. The van der Waals surface area contributed by atoms with E-state index in [9.17, 15) is 4.79 Å². The number of aromatic amines is 1. The minimum Gasteiger partial charge on any atom is -0.486 e. The number of benzene rings is 1. The molecule has 0 amide bonds. The van der Waals surface area contributed by atoms with Crippen molar-refractivity contribution >= 4 is 16.9 Å². The van der Waals surface area contributed by atoms with Gasteiger partial charge in [0.2, 0.25) is 5.78 Å². The fraction of sp³-hybridized carbons (Fsp3) is 0.400. The number of para-hydroxylation sites is 1. The zero-order valence-corrected chi connectivity index (χ0v) is 15.8. The van der Waals surface area contributed by atoms with Crippen molar-refractivity contribution in [2.45, 2.75) is 51.7 Å². The number of nitrogens with one attached hydrogen (secondary N) is 1. The van der Waals surface area contributed by atoms with Gasteiger partial charge in [-0.05, 0) is 31.9 Å². The summed E-state index contributed by atoms with van der Waals surface area (Å²) < 4.78 is 9.06. The number of imidazole rings is 1. The lowest BCUT2D eigenvalue weighted by molar-refractivity contribution is 0.296. The van der Waals surface area contributed by atoms with Crippen molar-refractivity contribution in [3.8, 4) is 5.75 Å². The van der Waals surface area contributed by atoms with Gasteiger partial charge in [-0.3, -0.25) is 9.36 Å². The number of fused-ring (bicyclic) bond motifs is 3. The zero-order chi connectivity index (χ0) is 19.1. The van der Waals surface area contributed by atoms with E-state index in [-0.39, 0.29) is 12.2 Å². The molecule has 4 aromatic rings. The van der Waals surface area contributed by atoms with Gasteiger partial charge in [0, 0.05) is 12.5 Å². The Kier molecular flexibility index (Phi) is 4.11. The first-order valence-corrected chi connectivity index (χ1v) is 9.80. The average Bonchev–Trinajstić information content (AvgIpc) is 3.46. The molecule has 0 saturated heterocycles. The molecule has 1 fully saturated rings. The maximum Gasteiger partial charge on any atom is 0.281 e. The van der Waals surface area contributed by atoms with E-state index in [4.69, 9.17) is 9.72 Å². The van der Waals surface area contributed by atoms with Crippen LogP contribution in [-0.4, -0.2) is 29.1 Å². The average molecular weight is 378 g/mol. The highest BCUT2D eigenvalue weighted by Crippen LogP contribution is 2.33. The van der Waals surface area contributed by atoms with Crippen LogP contribution in [-0.2, 0) is 13.2 Å². The smallest absolute Gasteiger partial charge is 0.281 e. The second-order valence-electron chi connectivity index (χ2n) is 7.19. The summed E-state index contributed by atoms with van der Waals surface area (Å²) in [6.07, 6.45) is 4.64. The summed E-state index contributed by atoms with van der Waals surface area (Å²) in [5.41, 5.74) is 0.936. The SMILES string of the molecule is CCn1c(=O)c2[nH]c(C3CCCC3)nc2n2nc(COc3ccccc3)nc12. The lowest BCUT2D eigenvalue weighted by Crippen LogP contribution is -2.22. The molecule has 0 unspecified atom stereocenters. The van der Waals surface area contributed by atoms with Gasteiger partial charge in [0.05, 0.1) is 0 Å². The van der Waals surface area contributed by atoms with Crippen LogP contribution in [0.5, 0.6) is 5.75 Å². The number of nitrogens with zero attached hydrogens (tertiary/aromatic N) is 5. The molecule has 1 N–H and O–H groups in total. The number of H-pyrrole nitrogens is 1. The standard InChI is InChI=1S/C20H22N6O2/c1-2-25-19(27)16-18(23-17(22-16)13-8-6-7-9-13)26-20(25)21-15(24-26)12-28-14-10-4-3-5-11-14/h3-5,10-11,13H,2,6-9,12H2,1H3,(H,22,23). The number of aryl methyl sites for hydroxylation is 1. The molecule has 0 aliphatic heterocycles. The maximum atomic E-state index is 13.0.